The van der Waals surface area contributed by atoms with E-state index in [0.29, 0.717) is 5.41 Å². The Morgan fingerprint density at radius 3 is 2.24 bits per heavy atom. The molecule has 1 saturated heterocycles. The van der Waals surface area contributed by atoms with Crippen LogP contribution < -0.4 is 4.90 Å². The van der Waals surface area contributed by atoms with Gasteiger partial charge in [0.25, 0.3) is 0 Å². The molecule has 33 heavy (non-hydrogen) atoms. The van der Waals surface area contributed by atoms with Crippen LogP contribution in [0.15, 0.2) is 58.3 Å². The molecule has 4 heteroatoms. The molecular weight excluding hydrogens is 444 g/mol. The Labute approximate surface area is 210 Å². The van der Waals surface area contributed by atoms with Crippen molar-refractivity contribution in [3.63, 3.8) is 0 Å². The molecule has 2 aliphatic carbocycles. The first kappa shape index (κ1) is 23.6. The normalized spacial score (nSPS) is 29.0. The largest absolute Gasteiger partial charge is 0.340 e. The minimum absolute atomic E-state index is 0. The second-order valence-electron chi connectivity index (χ2n) is 11.0. The monoisotopic (exact) mass is 482 g/mol. The van der Waals surface area contributed by atoms with E-state index in [4.69, 9.17) is 0 Å². The summed E-state index contributed by atoms with van der Waals surface area (Å²) in [5.41, 5.74) is 3.43. The third-order valence-electron chi connectivity index (χ3n) is 8.94. The number of fused-ring (bicyclic) bond motifs is 3. The van der Waals surface area contributed by atoms with E-state index in [1.165, 1.54) is 105 Å². The minimum atomic E-state index is 0. The van der Waals surface area contributed by atoms with Crippen molar-refractivity contribution in [1.29, 1.82) is 0 Å². The van der Waals surface area contributed by atoms with E-state index in [1.807, 2.05) is 11.8 Å². The molecular formula is C29H39ClN2S. The predicted octanol–water partition coefficient (Wildman–Crippen LogP) is 8.17. The van der Waals surface area contributed by atoms with Gasteiger partial charge in [0.2, 0.25) is 0 Å². The fourth-order valence-corrected chi connectivity index (χ4v) is 8.52. The van der Waals surface area contributed by atoms with Gasteiger partial charge in [-0.2, -0.15) is 0 Å². The highest BCUT2D eigenvalue weighted by molar-refractivity contribution is 7.99. The predicted molar refractivity (Wildman–Crippen MR) is 143 cm³/mol. The molecule has 2 nitrogen and oxygen atoms in total. The maximum absolute atomic E-state index is 2.84. The zero-order chi connectivity index (χ0) is 21.4. The van der Waals surface area contributed by atoms with Crippen molar-refractivity contribution in [2.45, 2.75) is 74.0 Å². The van der Waals surface area contributed by atoms with Crippen molar-refractivity contribution in [3.05, 3.63) is 48.5 Å². The van der Waals surface area contributed by atoms with Crippen molar-refractivity contribution < 1.29 is 0 Å². The maximum atomic E-state index is 2.84. The van der Waals surface area contributed by atoms with Gasteiger partial charge in [0.05, 0.1) is 11.4 Å². The van der Waals surface area contributed by atoms with Gasteiger partial charge >= 0.3 is 0 Å². The van der Waals surface area contributed by atoms with Crippen molar-refractivity contribution in [1.82, 2.24) is 4.90 Å². The fourth-order valence-electron chi connectivity index (χ4n) is 7.43. The highest BCUT2D eigenvalue weighted by atomic mass is 35.5. The van der Waals surface area contributed by atoms with Gasteiger partial charge in [-0.3, -0.25) is 0 Å². The van der Waals surface area contributed by atoms with E-state index < -0.39 is 0 Å². The zero-order valence-corrected chi connectivity index (χ0v) is 21.5. The van der Waals surface area contributed by atoms with Crippen molar-refractivity contribution in [3.8, 4) is 0 Å². The van der Waals surface area contributed by atoms with Gasteiger partial charge < -0.3 is 9.80 Å². The minimum Gasteiger partial charge on any atom is -0.340 e. The summed E-state index contributed by atoms with van der Waals surface area (Å²) in [5, 5.41) is 0. The van der Waals surface area contributed by atoms with E-state index in [9.17, 15) is 0 Å². The maximum Gasteiger partial charge on any atom is 0.0552 e. The molecule has 178 valence electrons. The van der Waals surface area contributed by atoms with Gasteiger partial charge in [-0.15, -0.1) is 12.4 Å². The summed E-state index contributed by atoms with van der Waals surface area (Å²) in [6.07, 6.45) is 14.8. The van der Waals surface area contributed by atoms with Crippen LogP contribution in [-0.4, -0.2) is 31.1 Å². The number of likely N-dealkylation sites (tertiary alicyclic amines) is 1. The van der Waals surface area contributed by atoms with Crippen LogP contribution in [0.2, 0.25) is 0 Å². The molecule has 0 radical (unpaired) electrons. The summed E-state index contributed by atoms with van der Waals surface area (Å²) in [7, 11) is 0. The molecule has 0 aromatic heterocycles. The van der Waals surface area contributed by atoms with Gasteiger partial charge in [-0.25, -0.2) is 0 Å². The Morgan fingerprint density at radius 1 is 0.788 bits per heavy atom. The molecule has 1 spiro atoms. The number of para-hydroxylation sites is 2. The number of rotatable bonds is 4. The second-order valence-corrected chi connectivity index (χ2v) is 12.1. The van der Waals surface area contributed by atoms with Crippen molar-refractivity contribution >= 4 is 35.5 Å². The number of hydrogen-bond donors (Lipinski definition) is 0. The summed E-state index contributed by atoms with van der Waals surface area (Å²) < 4.78 is 0. The molecule has 6 rings (SSSR count). The van der Waals surface area contributed by atoms with E-state index in [2.05, 4.69) is 58.3 Å². The third-order valence-corrected chi connectivity index (χ3v) is 10.1. The summed E-state index contributed by atoms with van der Waals surface area (Å²) in [6, 6.07) is 17.9. The van der Waals surface area contributed by atoms with E-state index in [1.54, 1.807) is 0 Å². The fraction of sp³-hybridized carbons (Fsp3) is 0.586. The zero-order valence-electron chi connectivity index (χ0n) is 19.9. The van der Waals surface area contributed by atoms with Gasteiger partial charge in [-0.05, 0) is 93.1 Å². The number of hydrogen-bond acceptors (Lipinski definition) is 3. The van der Waals surface area contributed by atoms with Crippen LogP contribution in [0, 0.1) is 17.3 Å². The lowest BCUT2D eigenvalue weighted by molar-refractivity contribution is -0.00277. The highest BCUT2D eigenvalue weighted by Gasteiger charge is 2.43. The quantitative estimate of drug-likeness (QED) is 0.433. The topological polar surface area (TPSA) is 6.48 Å². The number of benzene rings is 2. The molecule has 0 amide bonds. The number of halogens is 1. The molecule has 3 unspecified atom stereocenters. The lowest BCUT2D eigenvalue weighted by atomic mass is 9.59. The SMILES string of the molecule is Cl.c1ccc2c(c1)Sc1ccccc1N2CCCN1CCCC2(CCC3CCCCC3C2)C1. The van der Waals surface area contributed by atoms with E-state index in [0.717, 1.165) is 18.4 Å². The van der Waals surface area contributed by atoms with Crippen LogP contribution >= 0.6 is 24.2 Å². The second kappa shape index (κ2) is 10.2. The van der Waals surface area contributed by atoms with E-state index >= 15 is 0 Å². The summed E-state index contributed by atoms with van der Waals surface area (Å²) >= 11 is 1.92. The Hall–Kier alpha value is -1.16. The van der Waals surface area contributed by atoms with Crippen LogP contribution in [0.5, 0.6) is 0 Å². The molecule has 3 fully saturated rings. The first-order valence-corrected chi connectivity index (χ1v) is 14.0. The Kier molecular flexibility index (Phi) is 7.30. The van der Waals surface area contributed by atoms with Gasteiger partial charge in [0.1, 0.15) is 0 Å². The van der Waals surface area contributed by atoms with E-state index in [-0.39, 0.29) is 12.4 Å². The van der Waals surface area contributed by atoms with Gasteiger partial charge in [0, 0.05) is 22.9 Å². The van der Waals surface area contributed by atoms with Crippen LogP contribution in [0.25, 0.3) is 0 Å². The average Bonchev–Trinajstić information content (AvgIpc) is 2.84. The smallest absolute Gasteiger partial charge is 0.0552 e. The molecule has 2 aliphatic heterocycles. The van der Waals surface area contributed by atoms with Crippen LogP contribution in [-0.2, 0) is 0 Å². The standard InChI is InChI=1S/C29H38N2S.ClH/c1-2-10-24-21-29(17-15-23(24)9-1)16-7-18-30(22-29)19-8-20-31-25-11-3-5-13-27(25)32-28-14-6-4-12-26(28)31;/h3-6,11-14,23-24H,1-2,7-10,15-22H2;1H. The van der Waals surface area contributed by atoms with Crippen LogP contribution in [0.4, 0.5) is 11.4 Å². The summed E-state index contributed by atoms with van der Waals surface area (Å²) in [5.74, 6) is 2.12. The van der Waals surface area contributed by atoms with Gasteiger partial charge in [0.15, 0.2) is 0 Å². The van der Waals surface area contributed by atoms with Crippen LogP contribution in [0.1, 0.15) is 64.2 Å². The molecule has 2 saturated carbocycles. The lowest BCUT2D eigenvalue weighted by Crippen LogP contribution is -2.48. The molecule has 2 aromatic carbocycles. The molecule has 2 aromatic rings. The molecule has 0 N–H and O–H groups in total. The molecule has 2 heterocycles. The Bertz CT molecular complexity index is 903. The summed E-state index contributed by atoms with van der Waals surface area (Å²) in [4.78, 5) is 8.21. The summed E-state index contributed by atoms with van der Waals surface area (Å²) in [6.45, 7) is 5.06. The van der Waals surface area contributed by atoms with Gasteiger partial charge in [-0.1, -0.05) is 61.7 Å². The van der Waals surface area contributed by atoms with Crippen molar-refractivity contribution in [2.24, 2.45) is 17.3 Å². The number of anilines is 2. The Morgan fingerprint density at radius 2 is 1.48 bits per heavy atom. The lowest BCUT2D eigenvalue weighted by Gasteiger charge is -2.51. The first-order chi connectivity index (χ1) is 15.8. The average molecular weight is 483 g/mol. The third kappa shape index (κ3) is 4.83. The number of nitrogens with zero attached hydrogens (tertiary/aromatic N) is 2. The highest BCUT2D eigenvalue weighted by Crippen LogP contribution is 2.52. The van der Waals surface area contributed by atoms with Crippen molar-refractivity contribution in [2.75, 3.05) is 31.1 Å². The molecule has 4 aliphatic rings. The van der Waals surface area contributed by atoms with Crippen LogP contribution in [0.3, 0.4) is 0 Å². The molecule has 3 atom stereocenters. The molecule has 0 bridgehead atoms. The number of piperidine rings is 1. The first-order valence-electron chi connectivity index (χ1n) is 13.2. The Balaban J connectivity index is 0.00000228.